The van der Waals surface area contributed by atoms with Gasteiger partial charge in [-0.15, -0.1) is 0 Å². The molecule has 13 nitrogen and oxygen atoms in total. The Bertz CT molecular complexity index is 1240. The van der Waals surface area contributed by atoms with E-state index in [1.807, 2.05) is 0 Å². The van der Waals surface area contributed by atoms with Gasteiger partial charge >= 0.3 is 13.5 Å². The van der Waals surface area contributed by atoms with Crippen molar-refractivity contribution in [2.45, 2.75) is 32.5 Å². The van der Waals surface area contributed by atoms with Gasteiger partial charge in [0.05, 0.1) is 26.1 Å². The monoisotopic (exact) mass is 492 g/mol. The molecule has 14 heteroatoms. The van der Waals surface area contributed by atoms with Gasteiger partial charge in [-0.1, -0.05) is 0 Å². The van der Waals surface area contributed by atoms with Crippen molar-refractivity contribution in [3.63, 3.8) is 0 Å². The number of esters is 1. The van der Waals surface area contributed by atoms with Gasteiger partial charge in [0.25, 0.3) is 0 Å². The van der Waals surface area contributed by atoms with Crippen LogP contribution in [0.25, 0.3) is 11.2 Å². The van der Waals surface area contributed by atoms with Crippen molar-refractivity contribution in [3.8, 4) is 17.2 Å². The molecule has 3 N–H and O–H groups in total. The van der Waals surface area contributed by atoms with Crippen LogP contribution in [0.4, 0.5) is 5.82 Å². The lowest BCUT2D eigenvalue weighted by molar-refractivity contribution is -0.142. The summed E-state index contributed by atoms with van der Waals surface area (Å²) >= 11 is 0. The lowest BCUT2D eigenvalue weighted by atomic mass is 10.3. The van der Waals surface area contributed by atoms with Crippen LogP contribution in [0.5, 0.6) is 17.2 Å². The van der Waals surface area contributed by atoms with Gasteiger partial charge in [0, 0.05) is 6.07 Å². The normalized spacial score (nSPS) is 16.1. The minimum atomic E-state index is -3.73. The molecule has 4 rings (SSSR count). The van der Waals surface area contributed by atoms with Crippen LogP contribution in [-0.4, -0.2) is 57.9 Å². The van der Waals surface area contributed by atoms with Gasteiger partial charge < -0.3 is 33.8 Å². The Hall–Kier alpha value is -3.41. The fourth-order valence-corrected chi connectivity index (χ4v) is 5.09. The third kappa shape index (κ3) is 5.22. The number of aromatic nitrogens is 4. The number of rotatable bonds is 10. The highest BCUT2D eigenvalue weighted by Crippen LogP contribution is 2.46. The highest BCUT2D eigenvalue weighted by atomic mass is 31.2. The number of anilines is 1. The fraction of sp³-hybridized carbons (Fsp3) is 0.400. The molecule has 0 saturated carbocycles. The van der Waals surface area contributed by atoms with Gasteiger partial charge in [0.15, 0.2) is 23.0 Å². The molecule has 0 aliphatic carbocycles. The summed E-state index contributed by atoms with van der Waals surface area (Å²) < 4.78 is 42.4. The Balaban J connectivity index is 1.47. The Morgan fingerprint density at radius 2 is 2.06 bits per heavy atom. The maximum Gasteiger partial charge on any atom is 0.342 e. The summed E-state index contributed by atoms with van der Waals surface area (Å²) in [6.07, 6.45) is 2.19. The molecule has 0 spiro atoms. The summed E-state index contributed by atoms with van der Waals surface area (Å²) in [4.78, 5) is 24.3. The standard InChI is InChI=1S/C20H25N6O7P/c1-12(7-26-9-24-17-18(21)22-8-23-19(17)26)32-11-34(28,25-13(2)20(27)29-3)33-14-4-5-15-16(6-14)31-10-30-15/h4-6,8-9,12-13H,7,10-11H2,1-3H3,(H,25,28)(H2,21,22,23)/t12-,13-,34+/m1/s1. The van der Waals surface area contributed by atoms with Crippen molar-refractivity contribution in [3.05, 3.63) is 30.9 Å². The van der Waals surface area contributed by atoms with Crippen molar-refractivity contribution < 1.29 is 32.8 Å². The highest BCUT2D eigenvalue weighted by molar-refractivity contribution is 7.57. The number of nitrogen functional groups attached to an aromatic ring is 1. The van der Waals surface area contributed by atoms with Gasteiger partial charge in [0.1, 0.15) is 30.0 Å². The van der Waals surface area contributed by atoms with Crippen LogP contribution in [0.1, 0.15) is 13.8 Å². The van der Waals surface area contributed by atoms with E-state index >= 15 is 0 Å². The van der Waals surface area contributed by atoms with Crippen LogP contribution < -0.4 is 24.8 Å². The van der Waals surface area contributed by atoms with Crippen LogP contribution in [0.3, 0.4) is 0 Å². The minimum Gasteiger partial charge on any atom is -0.468 e. The molecular formula is C20H25N6O7P. The van der Waals surface area contributed by atoms with Crippen molar-refractivity contribution in [1.82, 2.24) is 24.6 Å². The molecule has 2 aromatic heterocycles. The molecule has 0 bridgehead atoms. The average molecular weight is 492 g/mol. The summed E-state index contributed by atoms with van der Waals surface area (Å²) in [7, 11) is -2.48. The van der Waals surface area contributed by atoms with E-state index in [0.717, 1.165) is 0 Å². The second kappa shape index (κ2) is 9.84. The summed E-state index contributed by atoms with van der Waals surface area (Å²) in [5, 5.41) is 2.72. The molecule has 3 heterocycles. The number of carbonyl (C=O) groups is 1. The van der Waals surface area contributed by atoms with Crippen LogP contribution in [0.2, 0.25) is 0 Å². The molecule has 1 aliphatic heterocycles. The summed E-state index contributed by atoms with van der Waals surface area (Å²) in [6.45, 7) is 3.76. The average Bonchev–Trinajstić information content (AvgIpc) is 3.44. The lowest BCUT2D eigenvalue weighted by Gasteiger charge is -2.25. The number of ether oxygens (including phenoxy) is 4. The molecule has 1 aliphatic rings. The first-order chi connectivity index (χ1) is 16.3. The minimum absolute atomic E-state index is 0.0915. The molecule has 0 saturated heterocycles. The Morgan fingerprint density at radius 3 is 2.85 bits per heavy atom. The molecule has 3 aromatic rings. The van der Waals surface area contributed by atoms with E-state index < -0.39 is 25.6 Å². The van der Waals surface area contributed by atoms with E-state index in [-0.39, 0.29) is 24.7 Å². The lowest BCUT2D eigenvalue weighted by Crippen LogP contribution is -2.35. The van der Waals surface area contributed by atoms with Gasteiger partial charge in [-0.3, -0.25) is 9.36 Å². The maximum absolute atomic E-state index is 13.7. The van der Waals surface area contributed by atoms with Gasteiger partial charge in [0.2, 0.25) is 6.79 Å². The van der Waals surface area contributed by atoms with Crippen molar-refractivity contribution in [2.75, 3.05) is 26.0 Å². The number of benzene rings is 1. The number of hydrogen-bond acceptors (Lipinski definition) is 11. The Morgan fingerprint density at radius 1 is 1.26 bits per heavy atom. The SMILES string of the molecule is COC(=O)[C@@H](C)N[P@](=O)(CO[C@H](C)Cn1cnc2c(N)ncnc21)Oc1ccc2c(c1)OCO2. The number of fused-ring (bicyclic) bond motifs is 2. The second-order valence-corrected chi connectivity index (χ2v) is 9.63. The zero-order chi connectivity index (χ0) is 24.3. The second-order valence-electron chi connectivity index (χ2n) is 7.59. The molecule has 34 heavy (non-hydrogen) atoms. The topological polar surface area (TPSA) is 162 Å². The number of hydrogen-bond donors (Lipinski definition) is 2. The van der Waals surface area contributed by atoms with Gasteiger partial charge in [-0.25, -0.2) is 20.0 Å². The molecule has 3 atom stereocenters. The van der Waals surface area contributed by atoms with Gasteiger partial charge in [-0.2, -0.15) is 0 Å². The number of nitrogens with one attached hydrogen (secondary N) is 1. The summed E-state index contributed by atoms with van der Waals surface area (Å²) in [6, 6.07) is 3.90. The predicted octanol–water partition coefficient (Wildman–Crippen LogP) is 1.92. The zero-order valence-corrected chi connectivity index (χ0v) is 19.7. The summed E-state index contributed by atoms with van der Waals surface area (Å²) in [5.74, 6) is 0.971. The van der Waals surface area contributed by atoms with Crippen LogP contribution in [0.15, 0.2) is 30.9 Å². The molecule has 0 fully saturated rings. The zero-order valence-electron chi connectivity index (χ0n) is 18.8. The Kier molecular flexibility index (Phi) is 6.87. The molecular weight excluding hydrogens is 467 g/mol. The smallest absolute Gasteiger partial charge is 0.342 e. The molecule has 182 valence electrons. The predicted molar refractivity (Wildman–Crippen MR) is 121 cm³/mol. The largest absolute Gasteiger partial charge is 0.468 e. The first-order valence-corrected chi connectivity index (χ1v) is 12.2. The van der Waals surface area contributed by atoms with E-state index in [1.54, 1.807) is 36.0 Å². The van der Waals surface area contributed by atoms with E-state index in [0.29, 0.717) is 29.2 Å². The molecule has 0 amide bonds. The summed E-state index contributed by atoms with van der Waals surface area (Å²) in [5.41, 5.74) is 6.87. The molecule has 1 aromatic carbocycles. The maximum atomic E-state index is 13.7. The number of methoxy groups -OCH3 is 1. The fourth-order valence-electron chi connectivity index (χ4n) is 3.31. The highest BCUT2D eigenvalue weighted by Gasteiger charge is 2.32. The van der Waals surface area contributed by atoms with E-state index in [2.05, 4.69) is 20.0 Å². The molecule has 0 radical (unpaired) electrons. The van der Waals surface area contributed by atoms with Gasteiger partial charge in [-0.05, 0) is 26.0 Å². The Labute approximate surface area is 195 Å². The third-order valence-electron chi connectivity index (χ3n) is 4.95. The number of carbonyl (C=O) groups excluding carboxylic acids is 1. The number of imidazole rings is 1. The quantitative estimate of drug-likeness (QED) is 0.313. The first-order valence-electron chi connectivity index (χ1n) is 10.3. The van der Waals surface area contributed by atoms with E-state index in [9.17, 15) is 9.36 Å². The van der Waals surface area contributed by atoms with Crippen LogP contribution >= 0.6 is 7.52 Å². The van der Waals surface area contributed by atoms with Crippen molar-refractivity contribution in [1.29, 1.82) is 0 Å². The van der Waals surface area contributed by atoms with E-state index in [1.165, 1.54) is 20.4 Å². The number of nitrogens with two attached hydrogens (primary N) is 1. The molecule has 0 unspecified atom stereocenters. The van der Waals surface area contributed by atoms with E-state index in [4.69, 9.17) is 29.2 Å². The van der Waals surface area contributed by atoms with Crippen molar-refractivity contribution in [2.24, 2.45) is 0 Å². The van der Waals surface area contributed by atoms with Crippen molar-refractivity contribution >= 4 is 30.5 Å². The first kappa shape index (κ1) is 23.7. The third-order valence-corrected chi connectivity index (χ3v) is 6.73. The van der Waals surface area contributed by atoms with Crippen LogP contribution in [0, 0.1) is 0 Å². The number of nitrogens with zero attached hydrogens (tertiary/aromatic N) is 4. The van der Waals surface area contributed by atoms with Crippen LogP contribution in [-0.2, 0) is 25.4 Å².